The summed E-state index contributed by atoms with van der Waals surface area (Å²) < 4.78 is 16.6. The number of hydrogen-bond acceptors (Lipinski definition) is 5. The second-order valence-electron chi connectivity index (χ2n) is 6.43. The van der Waals surface area contributed by atoms with E-state index in [-0.39, 0.29) is 11.9 Å². The number of halogens is 1. The molecule has 0 bridgehead atoms. The SMILES string of the molecule is CCCOc1c(Br)cc(C(=O)NC2(C(=O)OC)CCCCC2)cc1OC. The van der Waals surface area contributed by atoms with Gasteiger partial charge in [0, 0.05) is 5.56 Å². The molecule has 0 spiro atoms. The van der Waals surface area contributed by atoms with Crippen molar-refractivity contribution >= 4 is 27.8 Å². The molecule has 0 heterocycles. The van der Waals surface area contributed by atoms with Gasteiger partial charge in [0.05, 0.1) is 25.3 Å². The highest BCUT2D eigenvalue weighted by atomic mass is 79.9. The first-order valence-corrected chi connectivity index (χ1v) is 9.68. The zero-order valence-electron chi connectivity index (χ0n) is 15.5. The van der Waals surface area contributed by atoms with Gasteiger partial charge in [0.2, 0.25) is 0 Å². The van der Waals surface area contributed by atoms with E-state index in [2.05, 4.69) is 21.2 Å². The quantitative estimate of drug-likeness (QED) is 0.668. The molecule has 1 N–H and O–H groups in total. The van der Waals surface area contributed by atoms with Gasteiger partial charge in [-0.25, -0.2) is 4.79 Å². The molecule has 1 aromatic carbocycles. The van der Waals surface area contributed by atoms with Gasteiger partial charge < -0.3 is 19.5 Å². The van der Waals surface area contributed by atoms with Gasteiger partial charge >= 0.3 is 5.97 Å². The zero-order chi connectivity index (χ0) is 19.2. The highest BCUT2D eigenvalue weighted by molar-refractivity contribution is 9.10. The summed E-state index contributed by atoms with van der Waals surface area (Å²) in [4.78, 5) is 25.2. The number of esters is 1. The summed E-state index contributed by atoms with van der Waals surface area (Å²) in [6.07, 6.45) is 4.85. The highest BCUT2D eigenvalue weighted by Crippen LogP contribution is 2.37. The lowest BCUT2D eigenvalue weighted by Gasteiger charge is -2.35. The lowest BCUT2D eigenvalue weighted by Crippen LogP contribution is -2.56. The maximum atomic E-state index is 12.8. The van der Waals surface area contributed by atoms with E-state index in [0.29, 0.717) is 41.0 Å². The smallest absolute Gasteiger partial charge is 0.331 e. The second kappa shape index (κ2) is 9.26. The fraction of sp³-hybridized carbons (Fsp3) is 0.579. The summed E-state index contributed by atoms with van der Waals surface area (Å²) >= 11 is 3.44. The Morgan fingerprint density at radius 3 is 2.46 bits per heavy atom. The number of rotatable bonds is 7. The largest absolute Gasteiger partial charge is 0.493 e. The number of hydrogen-bond donors (Lipinski definition) is 1. The van der Waals surface area contributed by atoms with Crippen LogP contribution in [0.3, 0.4) is 0 Å². The van der Waals surface area contributed by atoms with E-state index in [0.717, 1.165) is 25.7 Å². The minimum absolute atomic E-state index is 0.335. The molecular formula is C19H26BrNO5. The molecule has 0 unspecified atom stereocenters. The Bertz CT molecular complexity index is 656. The molecule has 144 valence electrons. The number of benzene rings is 1. The van der Waals surface area contributed by atoms with Crippen molar-refractivity contribution < 1.29 is 23.8 Å². The minimum atomic E-state index is -0.957. The van der Waals surface area contributed by atoms with Crippen molar-refractivity contribution in [2.75, 3.05) is 20.8 Å². The van der Waals surface area contributed by atoms with Gasteiger partial charge in [0.25, 0.3) is 5.91 Å². The molecule has 1 amide bonds. The first-order chi connectivity index (χ1) is 12.5. The van der Waals surface area contributed by atoms with E-state index >= 15 is 0 Å². The predicted octanol–water partition coefficient (Wildman–Crippen LogP) is 3.85. The number of carbonyl (C=O) groups is 2. The summed E-state index contributed by atoms with van der Waals surface area (Å²) in [6.45, 7) is 2.56. The van der Waals surface area contributed by atoms with Crippen molar-refractivity contribution in [3.05, 3.63) is 22.2 Å². The van der Waals surface area contributed by atoms with E-state index in [1.54, 1.807) is 12.1 Å². The fourth-order valence-electron chi connectivity index (χ4n) is 3.22. The molecule has 1 aliphatic rings. The van der Waals surface area contributed by atoms with E-state index < -0.39 is 5.54 Å². The third-order valence-corrected chi connectivity index (χ3v) is 5.17. The minimum Gasteiger partial charge on any atom is -0.493 e. The summed E-state index contributed by atoms with van der Waals surface area (Å²) in [5, 5.41) is 2.91. The van der Waals surface area contributed by atoms with E-state index in [4.69, 9.17) is 14.2 Å². The molecule has 6 nitrogen and oxygen atoms in total. The van der Waals surface area contributed by atoms with Crippen LogP contribution < -0.4 is 14.8 Å². The monoisotopic (exact) mass is 427 g/mol. The number of carbonyl (C=O) groups excluding carboxylic acids is 2. The molecule has 2 rings (SSSR count). The average molecular weight is 428 g/mol. The number of ether oxygens (including phenoxy) is 3. The van der Waals surface area contributed by atoms with Crippen LogP contribution in [0.5, 0.6) is 11.5 Å². The van der Waals surface area contributed by atoms with Crippen LogP contribution in [0.2, 0.25) is 0 Å². The Kier molecular flexibility index (Phi) is 7.32. The van der Waals surface area contributed by atoms with E-state index in [1.165, 1.54) is 14.2 Å². The van der Waals surface area contributed by atoms with Gasteiger partial charge in [-0.2, -0.15) is 0 Å². The fourth-order valence-corrected chi connectivity index (χ4v) is 3.77. The maximum Gasteiger partial charge on any atom is 0.331 e. The maximum absolute atomic E-state index is 12.8. The van der Waals surface area contributed by atoms with Gasteiger partial charge in [0.15, 0.2) is 11.5 Å². The summed E-state index contributed by atoms with van der Waals surface area (Å²) in [6, 6.07) is 3.30. The Morgan fingerprint density at radius 1 is 1.19 bits per heavy atom. The number of methoxy groups -OCH3 is 2. The van der Waals surface area contributed by atoms with Crippen molar-refractivity contribution in [1.29, 1.82) is 0 Å². The molecule has 0 saturated heterocycles. The van der Waals surface area contributed by atoms with Crippen molar-refractivity contribution in [2.24, 2.45) is 0 Å². The van der Waals surface area contributed by atoms with Crippen LogP contribution in [0.15, 0.2) is 16.6 Å². The molecule has 0 radical (unpaired) electrons. The number of nitrogens with one attached hydrogen (secondary N) is 1. The Hall–Kier alpha value is -1.76. The van der Waals surface area contributed by atoms with Crippen LogP contribution in [0.4, 0.5) is 0 Å². The van der Waals surface area contributed by atoms with Crippen LogP contribution in [0.1, 0.15) is 55.8 Å². The van der Waals surface area contributed by atoms with Crippen LogP contribution in [0.25, 0.3) is 0 Å². The predicted molar refractivity (Wildman–Crippen MR) is 102 cm³/mol. The lowest BCUT2D eigenvalue weighted by molar-refractivity contribution is -0.149. The van der Waals surface area contributed by atoms with Crippen molar-refractivity contribution in [1.82, 2.24) is 5.32 Å². The van der Waals surface area contributed by atoms with E-state index in [1.807, 2.05) is 6.92 Å². The van der Waals surface area contributed by atoms with Crippen molar-refractivity contribution in [3.8, 4) is 11.5 Å². The Labute approximate surface area is 162 Å². The molecule has 1 aliphatic carbocycles. The van der Waals surface area contributed by atoms with Crippen LogP contribution in [-0.2, 0) is 9.53 Å². The second-order valence-corrected chi connectivity index (χ2v) is 7.28. The van der Waals surface area contributed by atoms with Crippen LogP contribution in [-0.4, -0.2) is 38.2 Å². The molecule has 0 aliphatic heterocycles. The first-order valence-electron chi connectivity index (χ1n) is 8.88. The molecule has 1 fully saturated rings. The van der Waals surface area contributed by atoms with Crippen molar-refractivity contribution in [2.45, 2.75) is 51.0 Å². The molecule has 26 heavy (non-hydrogen) atoms. The summed E-state index contributed by atoms with van der Waals surface area (Å²) in [5.74, 6) is 0.304. The molecule has 0 atom stereocenters. The molecular weight excluding hydrogens is 402 g/mol. The summed E-state index contributed by atoms with van der Waals surface area (Å²) in [7, 11) is 2.88. The van der Waals surface area contributed by atoms with E-state index in [9.17, 15) is 9.59 Å². The highest BCUT2D eigenvalue weighted by Gasteiger charge is 2.42. The molecule has 7 heteroatoms. The average Bonchev–Trinajstić information content (AvgIpc) is 2.66. The summed E-state index contributed by atoms with van der Waals surface area (Å²) in [5.41, 5.74) is -0.562. The van der Waals surface area contributed by atoms with Gasteiger partial charge in [-0.15, -0.1) is 0 Å². The molecule has 0 aromatic heterocycles. The van der Waals surface area contributed by atoms with Gasteiger partial charge in [-0.05, 0) is 47.3 Å². The normalized spacial score (nSPS) is 15.8. The number of amides is 1. The lowest BCUT2D eigenvalue weighted by atomic mass is 9.81. The van der Waals surface area contributed by atoms with Crippen molar-refractivity contribution in [3.63, 3.8) is 0 Å². The molecule has 1 aromatic rings. The molecule has 1 saturated carbocycles. The third kappa shape index (κ3) is 4.50. The van der Waals surface area contributed by atoms with Gasteiger partial charge in [-0.3, -0.25) is 4.79 Å². The zero-order valence-corrected chi connectivity index (χ0v) is 17.1. The van der Waals surface area contributed by atoms with Crippen LogP contribution in [0, 0.1) is 0 Å². The standard InChI is InChI=1S/C19H26BrNO5/c1-4-10-26-16-14(20)11-13(12-15(16)24-2)17(22)21-19(18(23)25-3)8-6-5-7-9-19/h11-12H,4-10H2,1-3H3,(H,21,22). The Balaban J connectivity index is 2.27. The topological polar surface area (TPSA) is 73.9 Å². The Morgan fingerprint density at radius 2 is 1.88 bits per heavy atom. The van der Waals surface area contributed by atoms with Gasteiger partial charge in [-0.1, -0.05) is 26.2 Å². The van der Waals surface area contributed by atoms with Crippen LogP contribution >= 0.6 is 15.9 Å². The first kappa shape index (κ1) is 20.6. The van der Waals surface area contributed by atoms with Gasteiger partial charge in [0.1, 0.15) is 5.54 Å². The third-order valence-electron chi connectivity index (χ3n) is 4.58.